The summed E-state index contributed by atoms with van der Waals surface area (Å²) in [5.41, 5.74) is 7.53. The van der Waals surface area contributed by atoms with Crippen LogP contribution in [-0.4, -0.2) is 9.13 Å². The van der Waals surface area contributed by atoms with E-state index in [1.165, 1.54) is 95.3 Å². The first-order chi connectivity index (χ1) is 26.2. The van der Waals surface area contributed by atoms with Crippen molar-refractivity contribution in [2.75, 3.05) is 0 Å². The Labute approximate surface area is 321 Å². The Balaban J connectivity index is 0.000000125. The van der Waals surface area contributed by atoms with Crippen LogP contribution in [0.15, 0.2) is 180 Å². The molecule has 4 heterocycles. The van der Waals surface area contributed by atoms with Crippen LogP contribution in [0.1, 0.15) is 0 Å². The normalized spacial score (nSPS) is 11.9. The van der Waals surface area contributed by atoms with Crippen LogP contribution in [0.3, 0.4) is 0 Å². The van der Waals surface area contributed by atoms with E-state index in [-0.39, 0.29) is 0 Å². The molecule has 12 aromatic rings. The van der Waals surface area contributed by atoms with Crippen LogP contribution in [0.5, 0.6) is 0 Å². The van der Waals surface area contributed by atoms with E-state index < -0.39 is 0 Å². The zero-order valence-electron chi connectivity index (χ0n) is 28.3. The number of halogens is 1. The molecule has 0 N–H and O–H groups in total. The van der Waals surface area contributed by atoms with E-state index in [9.17, 15) is 0 Å². The van der Waals surface area contributed by atoms with Crippen LogP contribution in [-0.2, 0) is 0 Å². The van der Waals surface area contributed by atoms with Crippen molar-refractivity contribution in [3.63, 3.8) is 0 Å². The predicted molar refractivity (Wildman–Crippen MR) is 235 cm³/mol. The first-order valence-corrected chi connectivity index (χ1v) is 20.1. The molecule has 53 heavy (non-hydrogen) atoms. The van der Waals surface area contributed by atoms with Gasteiger partial charge in [-0.25, -0.2) is 0 Å². The third kappa shape index (κ3) is 4.75. The van der Waals surface area contributed by atoms with Crippen molar-refractivity contribution >= 4 is 123 Å². The summed E-state index contributed by atoms with van der Waals surface area (Å²) in [6.07, 6.45) is 0. The molecule has 2 nitrogen and oxygen atoms in total. The van der Waals surface area contributed by atoms with Gasteiger partial charge in [-0.2, -0.15) is 0 Å². The summed E-state index contributed by atoms with van der Waals surface area (Å²) in [5.74, 6) is 0. The summed E-state index contributed by atoms with van der Waals surface area (Å²) in [6, 6.07) is 63.3. The molecule has 0 aliphatic carbocycles. The molecule has 0 atom stereocenters. The van der Waals surface area contributed by atoms with E-state index in [0.717, 1.165) is 4.47 Å². The van der Waals surface area contributed by atoms with Crippen molar-refractivity contribution in [2.24, 2.45) is 0 Å². The van der Waals surface area contributed by atoms with Crippen molar-refractivity contribution < 1.29 is 0 Å². The summed E-state index contributed by atoms with van der Waals surface area (Å²) in [4.78, 5) is 0. The number of thiophene rings is 2. The maximum Gasteiger partial charge on any atom is 0.0640 e. The highest BCUT2D eigenvalue weighted by Gasteiger charge is 2.17. The maximum absolute atomic E-state index is 3.64. The third-order valence-corrected chi connectivity index (χ3v) is 13.4. The lowest BCUT2D eigenvalue weighted by molar-refractivity contribution is 1.20. The average Bonchev–Trinajstić information content (AvgIpc) is 3.96. The van der Waals surface area contributed by atoms with Crippen LogP contribution in [0.25, 0.3) is 95.3 Å². The molecule has 0 radical (unpaired) electrons. The number of aromatic nitrogens is 2. The van der Waals surface area contributed by atoms with Crippen molar-refractivity contribution in [2.45, 2.75) is 0 Å². The molecule has 5 heteroatoms. The molecule has 0 aliphatic heterocycles. The maximum atomic E-state index is 3.64. The highest BCUT2D eigenvalue weighted by atomic mass is 79.9. The largest absolute Gasteiger partial charge is 0.308 e. The summed E-state index contributed by atoms with van der Waals surface area (Å²) >= 11 is 7.40. The van der Waals surface area contributed by atoms with Gasteiger partial charge in [0, 0.05) is 57.0 Å². The van der Waals surface area contributed by atoms with Gasteiger partial charge in [0.2, 0.25) is 0 Å². The van der Waals surface area contributed by atoms with E-state index in [1.807, 2.05) is 22.7 Å². The van der Waals surface area contributed by atoms with E-state index >= 15 is 0 Å². The molecule has 0 bridgehead atoms. The Morgan fingerprint density at radius 1 is 0.321 bits per heavy atom. The fraction of sp³-hybridized carbons (Fsp3) is 0. The standard InChI is InChI=1S/C24H14BrNS.C24H15NS/c25-15-12-13-21-19(14-15)16-6-1-3-9-20(16)26(21)22-10-5-8-18-17-7-2-4-11-23(17)27-24(18)22;1-4-12-20-16(8-1)17-9-2-5-13-21(17)25(20)22-14-7-11-19-18-10-3-6-15-23(18)26-24(19)22/h1-14H;1-15H. The van der Waals surface area contributed by atoms with Gasteiger partial charge in [-0.15, -0.1) is 22.7 Å². The second-order valence-electron chi connectivity index (χ2n) is 13.4. The quantitative estimate of drug-likeness (QED) is 0.165. The van der Waals surface area contributed by atoms with E-state index in [1.54, 1.807) is 0 Å². The van der Waals surface area contributed by atoms with Crippen LogP contribution in [0.2, 0.25) is 0 Å². The van der Waals surface area contributed by atoms with Gasteiger partial charge < -0.3 is 9.13 Å². The van der Waals surface area contributed by atoms with Crippen molar-refractivity contribution in [1.82, 2.24) is 9.13 Å². The van der Waals surface area contributed by atoms with Gasteiger partial charge in [0.25, 0.3) is 0 Å². The topological polar surface area (TPSA) is 9.86 Å². The Kier molecular flexibility index (Phi) is 7.09. The van der Waals surface area contributed by atoms with Gasteiger partial charge in [0.1, 0.15) is 0 Å². The highest BCUT2D eigenvalue weighted by Crippen LogP contribution is 2.42. The second kappa shape index (κ2) is 12.2. The summed E-state index contributed by atoms with van der Waals surface area (Å²) in [7, 11) is 0. The second-order valence-corrected chi connectivity index (χ2v) is 16.4. The van der Waals surface area contributed by atoms with Gasteiger partial charge in [0.05, 0.1) is 42.8 Å². The first-order valence-electron chi connectivity index (χ1n) is 17.7. The van der Waals surface area contributed by atoms with Gasteiger partial charge in [-0.3, -0.25) is 0 Å². The summed E-state index contributed by atoms with van der Waals surface area (Å²) in [5, 5.41) is 10.5. The number of fused-ring (bicyclic) bond motifs is 12. The van der Waals surface area contributed by atoms with E-state index in [0.29, 0.717) is 0 Å². The van der Waals surface area contributed by atoms with Crippen molar-refractivity contribution in [1.29, 1.82) is 0 Å². The molecule has 0 unspecified atom stereocenters. The number of rotatable bonds is 2. The van der Waals surface area contributed by atoms with Gasteiger partial charge in [-0.05, 0) is 60.7 Å². The molecular formula is C48H29BrN2S2. The molecule has 4 aromatic heterocycles. The highest BCUT2D eigenvalue weighted by molar-refractivity contribution is 9.10. The summed E-state index contributed by atoms with van der Waals surface area (Å²) < 4.78 is 11.3. The Morgan fingerprint density at radius 3 is 1.19 bits per heavy atom. The smallest absolute Gasteiger partial charge is 0.0640 e. The van der Waals surface area contributed by atoms with Crippen LogP contribution < -0.4 is 0 Å². The van der Waals surface area contributed by atoms with E-state index in [2.05, 4.69) is 201 Å². The summed E-state index contributed by atoms with van der Waals surface area (Å²) in [6.45, 7) is 0. The molecule has 8 aromatic carbocycles. The average molecular weight is 778 g/mol. The fourth-order valence-corrected chi connectivity index (χ4v) is 11.0. The minimum atomic E-state index is 1.11. The van der Waals surface area contributed by atoms with Gasteiger partial charge >= 0.3 is 0 Å². The number of benzene rings is 8. The van der Waals surface area contributed by atoms with Crippen molar-refractivity contribution in [3.8, 4) is 11.4 Å². The molecular weight excluding hydrogens is 749 g/mol. The number of para-hydroxylation sites is 3. The lowest BCUT2D eigenvalue weighted by Crippen LogP contribution is -1.93. The molecule has 0 saturated heterocycles. The predicted octanol–water partition coefficient (Wildman–Crippen LogP) is 15.1. The van der Waals surface area contributed by atoms with Crippen LogP contribution >= 0.6 is 38.6 Å². The number of hydrogen-bond acceptors (Lipinski definition) is 2. The molecule has 12 rings (SSSR count). The van der Waals surface area contributed by atoms with Gasteiger partial charge in [-0.1, -0.05) is 131 Å². The van der Waals surface area contributed by atoms with Gasteiger partial charge in [0.15, 0.2) is 0 Å². The Bertz CT molecular complexity index is 3320. The zero-order valence-corrected chi connectivity index (χ0v) is 31.6. The van der Waals surface area contributed by atoms with E-state index in [4.69, 9.17) is 0 Å². The number of hydrogen-bond donors (Lipinski definition) is 0. The minimum absolute atomic E-state index is 1.11. The third-order valence-electron chi connectivity index (χ3n) is 10.5. The fourth-order valence-electron chi connectivity index (χ4n) is 8.20. The zero-order chi connectivity index (χ0) is 35.0. The minimum Gasteiger partial charge on any atom is -0.308 e. The molecule has 0 fully saturated rings. The lowest BCUT2D eigenvalue weighted by Gasteiger charge is -2.09. The molecule has 0 spiro atoms. The molecule has 0 amide bonds. The first kappa shape index (κ1) is 30.9. The lowest BCUT2D eigenvalue weighted by atomic mass is 10.1. The Morgan fingerprint density at radius 2 is 0.698 bits per heavy atom. The Hall–Kier alpha value is -5.72. The monoisotopic (exact) mass is 776 g/mol. The number of nitrogens with zero attached hydrogens (tertiary/aromatic N) is 2. The molecule has 0 saturated carbocycles. The molecule has 250 valence electrons. The van der Waals surface area contributed by atoms with Crippen LogP contribution in [0, 0.1) is 0 Å². The SMILES string of the molecule is Brc1ccc2c(c1)c1ccccc1n2-c1cccc2c1sc1ccccc12.c1ccc2c(c1)sc1c(-n3c4ccccc4c4ccccc43)cccc12. The van der Waals surface area contributed by atoms with Crippen molar-refractivity contribution in [3.05, 3.63) is 180 Å². The molecule has 0 aliphatic rings. The van der Waals surface area contributed by atoms with Crippen LogP contribution in [0.4, 0.5) is 0 Å².